The number of rotatable bonds is 7. The third-order valence-electron chi connectivity index (χ3n) is 11.4. The molecule has 0 amide bonds. The Hall–Kier alpha value is -0.730. The summed E-state index contributed by atoms with van der Waals surface area (Å²) < 4.78 is 0. The first-order valence-electron chi connectivity index (χ1n) is 14.9. The fourth-order valence-corrected chi connectivity index (χ4v) is 10.8. The van der Waals surface area contributed by atoms with Crippen LogP contribution in [0.25, 0.3) is 0 Å². The highest BCUT2D eigenvalue weighted by molar-refractivity contribution is 8.03. The van der Waals surface area contributed by atoms with Crippen LogP contribution in [0.4, 0.5) is 0 Å². The first-order chi connectivity index (χ1) is 16.7. The van der Waals surface area contributed by atoms with Crippen molar-refractivity contribution >= 4 is 11.8 Å². The van der Waals surface area contributed by atoms with Crippen LogP contribution in [-0.2, 0) is 0 Å². The normalized spacial score (nSPS) is 39.8. The molecule has 1 aromatic rings. The molecule has 3 fully saturated rings. The molecule has 5 rings (SSSR count). The summed E-state index contributed by atoms with van der Waals surface area (Å²) >= 11 is 1.86. The molecule has 8 atom stereocenters. The number of thioether (sulfide) groups is 1. The number of aliphatic hydroxyl groups is 1. The Bertz CT molecular complexity index is 905. The maximum Gasteiger partial charge on any atom is 0.0851 e. The highest BCUT2D eigenvalue weighted by atomic mass is 32.2. The van der Waals surface area contributed by atoms with Crippen LogP contribution >= 0.6 is 11.8 Å². The number of allylic oxidation sites excluding steroid dienone is 1. The fourth-order valence-electron chi connectivity index (χ4n) is 9.58. The number of benzene rings is 1. The van der Waals surface area contributed by atoms with Gasteiger partial charge in [0.15, 0.2) is 0 Å². The van der Waals surface area contributed by atoms with Crippen molar-refractivity contribution in [3.05, 3.63) is 40.8 Å². The van der Waals surface area contributed by atoms with Gasteiger partial charge in [0.05, 0.1) is 6.10 Å². The van der Waals surface area contributed by atoms with E-state index in [1.165, 1.54) is 74.0 Å². The molecule has 35 heavy (non-hydrogen) atoms. The molecule has 0 bridgehead atoms. The topological polar surface area (TPSA) is 20.2 Å². The van der Waals surface area contributed by atoms with Gasteiger partial charge in [0, 0.05) is 9.80 Å². The highest BCUT2D eigenvalue weighted by Crippen LogP contribution is 2.68. The maximum atomic E-state index is 11.1. The van der Waals surface area contributed by atoms with E-state index in [0.717, 1.165) is 41.9 Å². The molecule has 0 aromatic heterocycles. The predicted molar refractivity (Wildman–Crippen MR) is 150 cm³/mol. The summed E-state index contributed by atoms with van der Waals surface area (Å²) in [6.07, 6.45) is 14.5. The molecule has 0 aliphatic heterocycles. The van der Waals surface area contributed by atoms with Crippen LogP contribution in [0.3, 0.4) is 0 Å². The quantitative estimate of drug-likeness (QED) is 0.407. The number of fused-ring (bicyclic) bond motifs is 5. The average Bonchev–Trinajstić information content (AvgIpc) is 3.19. The molecular formula is C33H50OS. The van der Waals surface area contributed by atoms with Crippen LogP contribution < -0.4 is 0 Å². The second-order valence-corrected chi connectivity index (χ2v) is 14.8. The smallest absolute Gasteiger partial charge is 0.0851 e. The number of hydrogen-bond donors (Lipinski definition) is 1. The van der Waals surface area contributed by atoms with Gasteiger partial charge in [-0.05, 0) is 110 Å². The predicted octanol–water partition coefficient (Wildman–Crippen LogP) is 9.51. The van der Waals surface area contributed by atoms with Crippen LogP contribution in [0, 0.1) is 46.3 Å². The van der Waals surface area contributed by atoms with E-state index in [0.29, 0.717) is 10.8 Å². The number of aliphatic hydroxyl groups excluding tert-OH is 1. The minimum absolute atomic E-state index is 0.267. The van der Waals surface area contributed by atoms with Gasteiger partial charge in [-0.25, -0.2) is 0 Å². The summed E-state index contributed by atoms with van der Waals surface area (Å²) in [4.78, 5) is 2.58. The standard InChI is InChI=1S/C33H50OS/c1-22(2)10-9-11-23(3)26-16-17-27-25-14-15-29-31(35-24-12-7-6-8-13-24)30(34)19-21-33(29,5)28(25)18-20-32(26,27)4/h6-8,12-13,22-23,25-28,30,34H,9-11,14-21H2,1-5H3/t23-,25+,26-,27+,28+,30-,32-,33-/m1/s1. The van der Waals surface area contributed by atoms with Crippen molar-refractivity contribution in [1.29, 1.82) is 0 Å². The molecular weight excluding hydrogens is 444 g/mol. The molecule has 1 nitrogen and oxygen atoms in total. The second-order valence-electron chi connectivity index (χ2n) is 13.7. The SMILES string of the molecule is CC(C)CCC[C@@H](C)[C@H]1CC[C@H]2[C@@H]3CCC4=C(Sc5ccccc5)[C@H](O)CC[C@]4(C)[C@H]3CC[C@]12C. The molecule has 1 aromatic carbocycles. The van der Waals surface area contributed by atoms with Crippen molar-refractivity contribution in [2.75, 3.05) is 0 Å². The Morgan fingerprint density at radius 3 is 2.43 bits per heavy atom. The zero-order chi connectivity index (χ0) is 24.8. The van der Waals surface area contributed by atoms with Crippen LogP contribution in [-0.4, -0.2) is 11.2 Å². The van der Waals surface area contributed by atoms with Crippen molar-refractivity contribution in [2.24, 2.45) is 46.3 Å². The van der Waals surface area contributed by atoms with E-state index < -0.39 is 0 Å². The Morgan fingerprint density at radius 1 is 0.914 bits per heavy atom. The van der Waals surface area contributed by atoms with Crippen molar-refractivity contribution < 1.29 is 5.11 Å². The van der Waals surface area contributed by atoms with Gasteiger partial charge in [0.25, 0.3) is 0 Å². The Morgan fingerprint density at radius 2 is 1.69 bits per heavy atom. The van der Waals surface area contributed by atoms with Crippen molar-refractivity contribution in [2.45, 2.75) is 116 Å². The molecule has 4 aliphatic rings. The molecule has 0 heterocycles. The molecule has 0 unspecified atom stereocenters. The summed E-state index contributed by atoms with van der Waals surface area (Å²) in [5.74, 6) is 5.30. The van der Waals surface area contributed by atoms with Crippen LogP contribution in [0.2, 0.25) is 0 Å². The van der Waals surface area contributed by atoms with Crippen molar-refractivity contribution in [3.63, 3.8) is 0 Å². The first-order valence-corrected chi connectivity index (χ1v) is 15.7. The number of hydrogen-bond acceptors (Lipinski definition) is 2. The van der Waals surface area contributed by atoms with Crippen molar-refractivity contribution in [1.82, 2.24) is 0 Å². The van der Waals surface area contributed by atoms with Crippen LogP contribution in [0.15, 0.2) is 45.7 Å². The van der Waals surface area contributed by atoms with Gasteiger partial charge in [0.1, 0.15) is 0 Å². The summed E-state index contributed by atoms with van der Waals surface area (Å²) in [6, 6.07) is 10.8. The molecule has 194 valence electrons. The van der Waals surface area contributed by atoms with E-state index in [1.54, 1.807) is 5.57 Å². The summed E-state index contributed by atoms with van der Waals surface area (Å²) in [5.41, 5.74) is 2.49. The lowest BCUT2D eigenvalue weighted by Crippen LogP contribution is -2.51. The van der Waals surface area contributed by atoms with Gasteiger partial charge in [0.2, 0.25) is 0 Å². The molecule has 4 aliphatic carbocycles. The average molecular weight is 495 g/mol. The third-order valence-corrected chi connectivity index (χ3v) is 12.6. The Kier molecular flexibility index (Phi) is 7.55. The van der Waals surface area contributed by atoms with Gasteiger partial charge < -0.3 is 5.11 Å². The van der Waals surface area contributed by atoms with Gasteiger partial charge in [-0.15, -0.1) is 0 Å². The van der Waals surface area contributed by atoms with Crippen LogP contribution in [0.1, 0.15) is 105 Å². The molecule has 0 radical (unpaired) electrons. The van der Waals surface area contributed by atoms with Crippen LogP contribution in [0.5, 0.6) is 0 Å². The minimum atomic E-state index is -0.267. The third kappa shape index (κ3) is 4.69. The Balaban J connectivity index is 1.36. The fraction of sp³-hybridized carbons (Fsp3) is 0.758. The van der Waals surface area contributed by atoms with E-state index >= 15 is 0 Å². The van der Waals surface area contributed by atoms with Gasteiger partial charge in [-0.1, -0.05) is 89.4 Å². The first kappa shape index (κ1) is 25.9. The largest absolute Gasteiger partial charge is 0.388 e. The minimum Gasteiger partial charge on any atom is -0.388 e. The van der Waals surface area contributed by atoms with E-state index in [1.807, 2.05) is 11.8 Å². The second kappa shape index (κ2) is 10.2. The molecule has 0 saturated heterocycles. The summed E-state index contributed by atoms with van der Waals surface area (Å²) in [5, 5.41) is 11.1. The van der Waals surface area contributed by atoms with Gasteiger partial charge in [-0.3, -0.25) is 0 Å². The van der Waals surface area contributed by atoms with E-state index in [9.17, 15) is 5.11 Å². The maximum absolute atomic E-state index is 11.1. The summed E-state index contributed by atoms with van der Waals surface area (Å²) in [7, 11) is 0. The molecule has 2 heteroatoms. The lowest BCUT2D eigenvalue weighted by atomic mass is 9.46. The molecule has 0 spiro atoms. The zero-order valence-corrected chi connectivity index (χ0v) is 23.9. The van der Waals surface area contributed by atoms with E-state index in [-0.39, 0.29) is 6.10 Å². The van der Waals surface area contributed by atoms with E-state index in [4.69, 9.17) is 0 Å². The molecule has 1 N–H and O–H groups in total. The zero-order valence-electron chi connectivity index (χ0n) is 23.1. The Labute approximate surface area is 219 Å². The summed E-state index contributed by atoms with van der Waals surface area (Å²) in [6.45, 7) is 12.6. The van der Waals surface area contributed by atoms with Gasteiger partial charge >= 0.3 is 0 Å². The monoisotopic (exact) mass is 494 g/mol. The van der Waals surface area contributed by atoms with E-state index in [2.05, 4.69) is 65.0 Å². The molecule has 3 saturated carbocycles. The lowest BCUT2D eigenvalue weighted by Gasteiger charge is -2.59. The lowest BCUT2D eigenvalue weighted by molar-refractivity contribution is -0.0630. The highest BCUT2D eigenvalue weighted by Gasteiger charge is 2.60. The van der Waals surface area contributed by atoms with Gasteiger partial charge in [-0.2, -0.15) is 0 Å². The van der Waals surface area contributed by atoms with Crippen molar-refractivity contribution in [3.8, 4) is 0 Å².